The second kappa shape index (κ2) is 8.10. The van der Waals surface area contributed by atoms with E-state index in [2.05, 4.69) is 34.1 Å². The third kappa shape index (κ3) is 4.68. The second-order valence-corrected chi connectivity index (χ2v) is 5.82. The highest BCUT2D eigenvalue weighted by molar-refractivity contribution is 5.94. The number of aromatic nitrogens is 1. The van der Waals surface area contributed by atoms with Crippen LogP contribution in [0.4, 0.5) is 0 Å². The number of likely N-dealkylation sites (N-methyl/N-ethyl adjacent to an activating group) is 1. The van der Waals surface area contributed by atoms with Crippen LogP contribution in [0.5, 0.6) is 5.88 Å². The zero-order valence-electron chi connectivity index (χ0n) is 13.7. The second-order valence-electron chi connectivity index (χ2n) is 5.82. The van der Waals surface area contributed by atoms with Crippen LogP contribution < -0.4 is 10.1 Å². The van der Waals surface area contributed by atoms with E-state index in [9.17, 15) is 4.79 Å². The fourth-order valence-corrected chi connectivity index (χ4v) is 2.60. The Morgan fingerprint density at radius 2 is 2.14 bits per heavy atom. The van der Waals surface area contributed by atoms with Gasteiger partial charge in [-0.1, -0.05) is 0 Å². The monoisotopic (exact) mass is 306 g/mol. The summed E-state index contributed by atoms with van der Waals surface area (Å²) in [4.78, 5) is 20.9. The number of nitrogens with one attached hydrogen (secondary N) is 1. The van der Waals surface area contributed by atoms with Crippen molar-refractivity contribution in [3.63, 3.8) is 0 Å². The van der Waals surface area contributed by atoms with Gasteiger partial charge in [0, 0.05) is 56.6 Å². The number of methoxy groups -OCH3 is 1. The van der Waals surface area contributed by atoms with Gasteiger partial charge in [0.15, 0.2) is 0 Å². The lowest BCUT2D eigenvalue weighted by atomic mass is 10.1. The molecule has 1 atom stereocenters. The minimum Gasteiger partial charge on any atom is -0.481 e. The highest BCUT2D eigenvalue weighted by atomic mass is 16.5. The van der Waals surface area contributed by atoms with E-state index < -0.39 is 0 Å². The van der Waals surface area contributed by atoms with Crippen LogP contribution in [0.3, 0.4) is 0 Å². The van der Waals surface area contributed by atoms with E-state index in [0.717, 1.165) is 32.6 Å². The topological polar surface area (TPSA) is 57.7 Å². The lowest BCUT2D eigenvalue weighted by Crippen LogP contribution is -2.48. The molecular formula is C16H26N4O2. The van der Waals surface area contributed by atoms with Crippen LogP contribution in [0.1, 0.15) is 23.7 Å². The molecule has 2 rings (SSSR count). The molecule has 1 amide bonds. The van der Waals surface area contributed by atoms with Crippen LogP contribution in [-0.4, -0.2) is 73.6 Å². The number of hydrogen-bond acceptors (Lipinski definition) is 5. The van der Waals surface area contributed by atoms with Crippen molar-refractivity contribution in [3.8, 4) is 5.88 Å². The standard InChI is InChI=1S/C16H26N4O2/c1-13(20-10-8-19(2)9-11-20)4-6-18-16(21)14-5-7-17-15(12-14)22-3/h5,7,12-13H,4,6,8-11H2,1-3H3,(H,18,21)/t13-/m1/s1. The van der Waals surface area contributed by atoms with E-state index in [1.54, 1.807) is 25.4 Å². The molecule has 2 heterocycles. The molecule has 1 aliphatic heterocycles. The maximum absolute atomic E-state index is 12.1. The van der Waals surface area contributed by atoms with Gasteiger partial charge in [0.1, 0.15) is 0 Å². The number of piperazine rings is 1. The number of nitrogens with zero attached hydrogens (tertiary/aromatic N) is 3. The molecule has 1 N–H and O–H groups in total. The average molecular weight is 306 g/mol. The van der Waals surface area contributed by atoms with Crippen molar-refractivity contribution < 1.29 is 9.53 Å². The number of carbonyl (C=O) groups is 1. The first-order valence-electron chi connectivity index (χ1n) is 7.81. The van der Waals surface area contributed by atoms with Gasteiger partial charge in [0.05, 0.1) is 7.11 Å². The van der Waals surface area contributed by atoms with Gasteiger partial charge in [-0.15, -0.1) is 0 Å². The van der Waals surface area contributed by atoms with Crippen LogP contribution in [0, 0.1) is 0 Å². The van der Waals surface area contributed by atoms with Crippen molar-refractivity contribution in [1.82, 2.24) is 20.1 Å². The lowest BCUT2D eigenvalue weighted by molar-refractivity contribution is 0.0934. The lowest BCUT2D eigenvalue weighted by Gasteiger charge is -2.36. The van der Waals surface area contributed by atoms with Gasteiger partial charge in [0.2, 0.25) is 5.88 Å². The Balaban J connectivity index is 1.74. The summed E-state index contributed by atoms with van der Waals surface area (Å²) in [6, 6.07) is 3.84. The molecule has 0 spiro atoms. The fourth-order valence-electron chi connectivity index (χ4n) is 2.60. The summed E-state index contributed by atoms with van der Waals surface area (Å²) in [7, 11) is 3.70. The first-order valence-corrected chi connectivity index (χ1v) is 7.81. The molecule has 0 aliphatic carbocycles. The third-order valence-corrected chi connectivity index (χ3v) is 4.22. The minimum atomic E-state index is -0.0775. The Bertz CT molecular complexity index is 487. The van der Waals surface area contributed by atoms with Gasteiger partial charge in [-0.3, -0.25) is 9.69 Å². The largest absolute Gasteiger partial charge is 0.481 e. The van der Waals surface area contributed by atoms with Crippen LogP contribution in [0.2, 0.25) is 0 Å². The summed E-state index contributed by atoms with van der Waals surface area (Å²) in [5, 5.41) is 2.97. The van der Waals surface area contributed by atoms with Gasteiger partial charge in [-0.25, -0.2) is 4.98 Å². The molecular weight excluding hydrogens is 280 g/mol. The van der Waals surface area contributed by atoms with Gasteiger partial charge < -0.3 is 15.0 Å². The highest BCUT2D eigenvalue weighted by Crippen LogP contribution is 2.09. The number of hydrogen-bond donors (Lipinski definition) is 1. The summed E-state index contributed by atoms with van der Waals surface area (Å²) in [6.45, 7) is 7.35. The van der Waals surface area contributed by atoms with Crippen LogP contribution in [-0.2, 0) is 0 Å². The van der Waals surface area contributed by atoms with E-state index in [1.165, 1.54) is 0 Å². The van der Waals surface area contributed by atoms with Gasteiger partial charge in [-0.05, 0) is 26.5 Å². The molecule has 0 aromatic carbocycles. The molecule has 6 heteroatoms. The fraction of sp³-hybridized carbons (Fsp3) is 0.625. The zero-order valence-corrected chi connectivity index (χ0v) is 13.7. The Morgan fingerprint density at radius 1 is 1.41 bits per heavy atom. The normalized spacial score (nSPS) is 18.0. The zero-order chi connectivity index (χ0) is 15.9. The molecule has 1 aromatic heterocycles. The number of pyridine rings is 1. The molecule has 22 heavy (non-hydrogen) atoms. The molecule has 6 nitrogen and oxygen atoms in total. The molecule has 1 fully saturated rings. The molecule has 122 valence electrons. The molecule has 0 bridgehead atoms. The Morgan fingerprint density at radius 3 is 2.82 bits per heavy atom. The average Bonchev–Trinajstić information content (AvgIpc) is 2.55. The predicted molar refractivity (Wildman–Crippen MR) is 86.3 cm³/mol. The van der Waals surface area contributed by atoms with Gasteiger partial charge >= 0.3 is 0 Å². The summed E-state index contributed by atoms with van der Waals surface area (Å²) in [5.41, 5.74) is 0.583. The molecule has 1 aromatic rings. The van der Waals surface area contributed by atoms with Crippen molar-refractivity contribution in [2.45, 2.75) is 19.4 Å². The van der Waals surface area contributed by atoms with Gasteiger partial charge in [-0.2, -0.15) is 0 Å². The Kier molecular flexibility index (Phi) is 6.15. The van der Waals surface area contributed by atoms with Crippen LogP contribution in [0.15, 0.2) is 18.3 Å². The summed E-state index contributed by atoms with van der Waals surface area (Å²) in [6.07, 6.45) is 2.54. The smallest absolute Gasteiger partial charge is 0.251 e. The Hall–Kier alpha value is -1.66. The first-order chi connectivity index (χ1) is 10.6. The molecule has 0 radical (unpaired) electrons. The molecule has 0 unspecified atom stereocenters. The van der Waals surface area contributed by atoms with E-state index in [-0.39, 0.29) is 5.91 Å². The summed E-state index contributed by atoms with van der Waals surface area (Å²) in [5.74, 6) is 0.379. The van der Waals surface area contributed by atoms with Crippen molar-refractivity contribution in [2.75, 3.05) is 46.9 Å². The number of rotatable bonds is 6. The predicted octanol–water partition coefficient (Wildman–Crippen LogP) is 0.846. The van der Waals surface area contributed by atoms with Crippen LogP contribution in [0.25, 0.3) is 0 Å². The molecule has 1 saturated heterocycles. The number of amides is 1. The maximum Gasteiger partial charge on any atom is 0.251 e. The van der Waals surface area contributed by atoms with Gasteiger partial charge in [0.25, 0.3) is 5.91 Å². The van der Waals surface area contributed by atoms with E-state index in [0.29, 0.717) is 24.0 Å². The number of carbonyl (C=O) groups excluding carboxylic acids is 1. The maximum atomic E-state index is 12.1. The van der Waals surface area contributed by atoms with E-state index in [1.807, 2.05) is 0 Å². The number of ether oxygens (including phenoxy) is 1. The van der Waals surface area contributed by atoms with Crippen LogP contribution >= 0.6 is 0 Å². The quantitative estimate of drug-likeness (QED) is 0.844. The SMILES string of the molecule is COc1cc(C(=O)NCC[C@@H](C)N2CCN(C)CC2)ccn1. The first kappa shape index (κ1) is 16.7. The van der Waals surface area contributed by atoms with E-state index in [4.69, 9.17) is 4.74 Å². The van der Waals surface area contributed by atoms with Crippen molar-refractivity contribution in [1.29, 1.82) is 0 Å². The van der Waals surface area contributed by atoms with E-state index >= 15 is 0 Å². The van der Waals surface area contributed by atoms with Crippen molar-refractivity contribution in [3.05, 3.63) is 23.9 Å². The molecule has 0 saturated carbocycles. The molecule has 1 aliphatic rings. The van der Waals surface area contributed by atoms with Crippen molar-refractivity contribution >= 4 is 5.91 Å². The Labute approximate surface area is 132 Å². The highest BCUT2D eigenvalue weighted by Gasteiger charge is 2.18. The minimum absolute atomic E-state index is 0.0775. The van der Waals surface area contributed by atoms with Crippen molar-refractivity contribution in [2.24, 2.45) is 0 Å². The third-order valence-electron chi connectivity index (χ3n) is 4.22. The summed E-state index contributed by atoms with van der Waals surface area (Å²) >= 11 is 0. The summed E-state index contributed by atoms with van der Waals surface area (Å²) < 4.78 is 5.03.